The van der Waals surface area contributed by atoms with E-state index >= 15 is 0 Å². The number of ether oxygens (including phenoxy) is 1. The van der Waals surface area contributed by atoms with Gasteiger partial charge in [-0.2, -0.15) is 26.3 Å². The molecule has 7 nitrogen and oxygen atoms in total. The number of methoxy groups -OCH3 is 1. The first kappa shape index (κ1) is 28.1. The Kier molecular flexibility index (Phi) is 6.92. The maximum absolute atomic E-state index is 13.9. The quantitative estimate of drug-likeness (QED) is 0.404. The summed E-state index contributed by atoms with van der Waals surface area (Å²) in [5.41, 5.74) is 1.55. The first-order chi connectivity index (χ1) is 18.7. The molecule has 0 unspecified atom stereocenters. The van der Waals surface area contributed by atoms with Crippen molar-refractivity contribution in [1.29, 1.82) is 0 Å². The molecule has 2 aliphatic heterocycles. The molecule has 0 aliphatic carbocycles. The van der Waals surface area contributed by atoms with Crippen LogP contribution in [0.2, 0.25) is 0 Å². The van der Waals surface area contributed by atoms with E-state index in [1.807, 2.05) is 21.4 Å². The fourth-order valence-corrected chi connectivity index (χ4v) is 5.80. The van der Waals surface area contributed by atoms with E-state index in [2.05, 4.69) is 4.98 Å². The van der Waals surface area contributed by atoms with Crippen molar-refractivity contribution < 1.29 is 35.9 Å². The predicted molar refractivity (Wildman–Crippen MR) is 137 cm³/mol. The van der Waals surface area contributed by atoms with Crippen molar-refractivity contribution in [2.24, 2.45) is 0 Å². The summed E-state index contributed by atoms with van der Waals surface area (Å²) < 4.78 is 87.7. The minimum absolute atomic E-state index is 0.0532. The average molecular weight is 570 g/mol. The highest BCUT2D eigenvalue weighted by Gasteiger charge is 2.57. The molecule has 0 atom stereocenters. The van der Waals surface area contributed by atoms with E-state index in [-0.39, 0.29) is 50.2 Å². The number of fused-ring (bicyclic) bond motifs is 2. The molecule has 1 fully saturated rings. The smallest absolute Gasteiger partial charge is 0.406 e. The van der Waals surface area contributed by atoms with E-state index in [0.29, 0.717) is 22.5 Å². The molecule has 40 heavy (non-hydrogen) atoms. The highest BCUT2D eigenvalue weighted by atomic mass is 19.4. The van der Waals surface area contributed by atoms with E-state index < -0.39 is 30.3 Å². The van der Waals surface area contributed by atoms with Gasteiger partial charge in [0, 0.05) is 43.1 Å². The predicted octanol–water partition coefficient (Wildman–Crippen LogP) is 5.03. The van der Waals surface area contributed by atoms with Crippen LogP contribution < -0.4 is 9.64 Å². The number of anilines is 1. The van der Waals surface area contributed by atoms with Gasteiger partial charge < -0.3 is 14.5 Å². The SMILES string of the molecule is COc1cc(-c2cnc3cc(N4CCC(N(C)C)(C(F)(F)F)CC4)ccn23)cc2c1C(=O)N(CC(F)(F)F)CC2. The van der Waals surface area contributed by atoms with Crippen LogP contribution in [-0.2, 0) is 6.42 Å². The molecule has 1 saturated heterocycles. The van der Waals surface area contributed by atoms with Gasteiger partial charge in [0.1, 0.15) is 23.5 Å². The summed E-state index contributed by atoms with van der Waals surface area (Å²) in [7, 11) is 4.29. The normalized spacial score (nSPS) is 18.0. The topological polar surface area (TPSA) is 53.3 Å². The van der Waals surface area contributed by atoms with Crippen LogP contribution in [0.15, 0.2) is 36.7 Å². The van der Waals surface area contributed by atoms with E-state index in [1.165, 1.54) is 26.1 Å². The molecule has 0 bridgehead atoms. The third kappa shape index (κ3) is 4.84. The number of piperidine rings is 1. The van der Waals surface area contributed by atoms with Gasteiger partial charge in [0.2, 0.25) is 0 Å². The number of imidazole rings is 1. The number of rotatable bonds is 5. The Morgan fingerprint density at radius 1 is 1.05 bits per heavy atom. The number of hydrogen-bond donors (Lipinski definition) is 0. The fourth-order valence-electron chi connectivity index (χ4n) is 5.80. The maximum Gasteiger partial charge on any atom is 0.406 e. The Balaban J connectivity index is 1.41. The number of amides is 1. The molecule has 4 heterocycles. The second kappa shape index (κ2) is 9.86. The Labute approximate surface area is 226 Å². The number of carbonyl (C=O) groups is 1. The largest absolute Gasteiger partial charge is 0.496 e. The first-order valence-corrected chi connectivity index (χ1v) is 12.8. The number of carbonyl (C=O) groups excluding carboxylic acids is 1. The molecule has 0 N–H and O–H groups in total. The molecule has 216 valence electrons. The second-order valence-corrected chi connectivity index (χ2v) is 10.5. The summed E-state index contributed by atoms with van der Waals surface area (Å²) >= 11 is 0. The maximum atomic E-state index is 13.9. The number of nitrogens with zero attached hydrogens (tertiary/aromatic N) is 5. The molecule has 13 heteroatoms. The van der Waals surface area contributed by atoms with Crippen LogP contribution >= 0.6 is 0 Å². The van der Waals surface area contributed by atoms with Gasteiger partial charge in [-0.25, -0.2) is 4.98 Å². The lowest BCUT2D eigenvalue weighted by Gasteiger charge is -2.47. The summed E-state index contributed by atoms with van der Waals surface area (Å²) in [6.45, 7) is -0.908. The molecule has 5 rings (SSSR count). The van der Waals surface area contributed by atoms with Gasteiger partial charge in [-0.15, -0.1) is 0 Å². The van der Waals surface area contributed by atoms with E-state index in [1.54, 1.807) is 24.5 Å². The molecule has 1 aromatic carbocycles. The average Bonchev–Trinajstić information content (AvgIpc) is 3.31. The summed E-state index contributed by atoms with van der Waals surface area (Å²) in [5.74, 6) is -0.548. The van der Waals surface area contributed by atoms with Crippen molar-refractivity contribution in [1.82, 2.24) is 19.2 Å². The van der Waals surface area contributed by atoms with Crippen LogP contribution in [0.3, 0.4) is 0 Å². The second-order valence-electron chi connectivity index (χ2n) is 10.5. The van der Waals surface area contributed by atoms with Crippen molar-refractivity contribution in [3.05, 3.63) is 47.8 Å². The number of hydrogen-bond acceptors (Lipinski definition) is 5. The molecular weight excluding hydrogens is 540 g/mol. The van der Waals surface area contributed by atoms with Crippen molar-refractivity contribution in [2.45, 2.75) is 37.2 Å². The summed E-state index contributed by atoms with van der Waals surface area (Å²) in [6, 6.07) is 7.00. The highest BCUT2D eigenvalue weighted by Crippen LogP contribution is 2.43. The Hall–Kier alpha value is -3.48. The van der Waals surface area contributed by atoms with Crippen molar-refractivity contribution in [3.63, 3.8) is 0 Å². The van der Waals surface area contributed by atoms with E-state index in [4.69, 9.17) is 4.74 Å². The van der Waals surface area contributed by atoms with Crippen molar-refractivity contribution >= 4 is 17.2 Å². The zero-order valence-electron chi connectivity index (χ0n) is 22.2. The Bertz CT molecular complexity index is 1410. The molecule has 0 spiro atoms. The molecule has 2 aromatic heterocycles. The summed E-state index contributed by atoms with van der Waals surface area (Å²) in [6.07, 6.45) is -5.28. The lowest BCUT2D eigenvalue weighted by Crippen LogP contribution is -2.61. The zero-order chi connectivity index (χ0) is 29.0. The lowest BCUT2D eigenvalue weighted by molar-refractivity contribution is -0.231. The number of benzene rings is 1. The minimum Gasteiger partial charge on any atom is -0.496 e. The van der Waals surface area contributed by atoms with E-state index in [0.717, 1.165) is 10.6 Å². The molecule has 0 radical (unpaired) electrons. The number of pyridine rings is 1. The minimum atomic E-state index is -4.50. The van der Waals surface area contributed by atoms with Crippen LogP contribution in [0, 0.1) is 0 Å². The lowest BCUT2D eigenvalue weighted by atomic mass is 9.85. The monoisotopic (exact) mass is 569 g/mol. The third-order valence-corrected chi connectivity index (χ3v) is 8.06. The number of aromatic nitrogens is 2. The van der Waals surface area contributed by atoms with Crippen LogP contribution in [0.1, 0.15) is 28.8 Å². The Morgan fingerprint density at radius 2 is 1.75 bits per heavy atom. The molecule has 1 amide bonds. The number of alkyl halides is 6. The summed E-state index contributed by atoms with van der Waals surface area (Å²) in [4.78, 5) is 21.3. The molecule has 0 saturated carbocycles. The van der Waals surface area contributed by atoms with Crippen LogP contribution in [-0.4, -0.2) is 90.4 Å². The zero-order valence-corrected chi connectivity index (χ0v) is 22.2. The Morgan fingerprint density at radius 3 is 2.35 bits per heavy atom. The fraction of sp³-hybridized carbons (Fsp3) is 0.481. The van der Waals surface area contributed by atoms with Crippen molar-refractivity contribution in [3.8, 4) is 17.0 Å². The van der Waals surface area contributed by atoms with Crippen LogP contribution in [0.4, 0.5) is 32.0 Å². The van der Waals surface area contributed by atoms with Gasteiger partial charge >= 0.3 is 12.4 Å². The van der Waals surface area contributed by atoms with Gasteiger partial charge in [-0.05, 0) is 57.1 Å². The molecule has 2 aliphatic rings. The number of halogens is 6. The highest BCUT2D eigenvalue weighted by molar-refractivity contribution is 6.00. The molecular formula is C27H29F6N5O2. The third-order valence-electron chi connectivity index (χ3n) is 8.06. The first-order valence-electron chi connectivity index (χ1n) is 12.8. The summed E-state index contributed by atoms with van der Waals surface area (Å²) in [5, 5.41) is 0. The van der Waals surface area contributed by atoms with Gasteiger partial charge in [0.15, 0.2) is 0 Å². The van der Waals surface area contributed by atoms with Crippen molar-refractivity contribution in [2.75, 3.05) is 52.3 Å². The van der Waals surface area contributed by atoms with Gasteiger partial charge in [-0.3, -0.25) is 14.1 Å². The van der Waals surface area contributed by atoms with E-state index in [9.17, 15) is 31.1 Å². The molecule has 3 aromatic rings. The van der Waals surface area contributed by atoms with Gasteiger partial charge in [-0.1, -0.05) is 0 Å². The van der Waals surface area contributed by atoms with Crippen LogP contribution in [0.5, 0.6) is 5.75 Å². The van der Waals surface area contributed by atoms with Gasteiger partial charge in [0.25, 0.3) is 5.91 Å². The standard InChI is InChI=1S/C27H29F6N5O2/c1-35(2)25(27(31,32)33)6-10-36(11-7-25)19-5-9-38-20(15-34-22(38)14-19)18-12-17-4-8-37(16-26(28,29)30)24(39)23(17)21(13-18)40-3/h5,9,12-15H,4,6-8,10-11,16H2,1-3H3. The van der Waals surface area contributed by atoms with Gasteiger partial charge in [0.05, 0.1) is 24.6 Å². The van der Waals surface area contributed by atoms with Crippen LogP contribution in [0.25, 0.3) is 16.9 Å².